The van der Waals surface area contributed by atoms with E-state index in [0.717, 1.165) is 24.0 Å². The number of rotatable bonds is 6. The lowest BCUT2D eigenvalue weighted by Gasteiger charge is -2.37. The number of piperidine rings is 1. The predicted octanol–water partition coefficient (Wildman–Crippen LogP) is 3.43. The molecule has 0 aromatic heterocycles. The SMILES string of the molecule is Cc1ccc(NS(=O)(=O)N2[C@@H]3CC[C@H]2CC(OC(=O)Cc2ccccc2)C3)cc1. The maximum Gasteiger partial charge on any atom is 0.310 e. The second-order valence-corrected chi connectivity index (χ2v) is 9.51. The molecule has 6 nitrogen and oxygen atoms in total. The molecule has 0 saturated carbocycles. The van der Waals surface area contributed by atoms with Crippen LogP contribution in [0.25, 0.3) is 0 Å². The van der Waals surface area contributed by atoms with Crippen LogP contribution in [-0.2, 0) is 26.2 Å². The molecule has 154 valence electrons. The lowest BCUT2D eigenvalue weighted by molar-refractivity contribution is -0.150. The Balaban J connectivity index is 1.38. The zero-order chi connectivity index (χ0) is 20.4. The molecule has 3 atom stereocenters. The van der Waals surface area contributed by atoms with Crippen LogP contribution in [0.15, 0.2) is 54.6 Å². The smallest absolute Gasteiger partial charge is 0.310 e. The highest BCUT2D eigenvalue weighted by molar-refractivity contribution is 7.90. The molecule has 2 saturated heterocycles. The first-order valence-corrected chi connectivity index (χ1v) is 11.5. The van der Waals surface area contributed by atoms with E-state index < -0.39 is 10.2 Å². The van der Waals surface area contributed by atoms with E-state index in [4.69, 9.17) is 4.74 Å². The first-order valence-electron chi connectivity index (χ1n) is 10.0. The van der Waals surface area contributed by atoms with Gasteiger partial charge >= 0.3 is 16.2 Å². The summed E-state index contributed by atoms with van der Waals surface area (Å²) in [5, 5.41) is 0. The Morgan fingerprint density at radius 3 is 2.28 bits per heavy atom. The molecule has 1 unspecified atom stereocenters. The topological polar surface area (TPSA) is 75.7 Å². The van der Waals surface area contributed by atoms with Crippen LogP contribution >= 0.6 is 0 Å². The molecule has 2 aromatic carbocycles. The molecule has 2 aromatic rings. The summed E-state index contributed by atoms with van der Waals surface area (Å²) in [5.74, 6) is -0.255. The number of benzene rings is 2. The van der Waals surface area contributed by atoms with Gasteiger partial charge in [-0.05, 0) is 37.5 Å². The van der Waals surface area contributed by atoms with Crippen molar-refractivity contribution in [2.45, 2.75) is 57.2 Å². The Morgan fingerprint density at radius 1 is 1.03 bits per heavy atom. The van der Waals surface area contributed by atoms with Crippen LogP contribution in [-0.4, -0.2) is 36.9 Å². The predicted molar refractivity (Wildman–Crippen MR) is 112 cm³/mol. The third kappa shape index (κ3) is 4.62. The number of nitrogens with one attached hydrogen (secondary N) is 1. The number of aryl methyl sites for hydroxylation is 1. The van der Waals surface area contributed by atoms with E-state index in [1.54, 1.807) is 16.4 Å². The van der Waals surface area contributed by atoms with Crippen molar-refractivity contribution in [2.75, 3.05) is 4.72 Å². The van der Waals surface area contributed by atoms with Gasteiger partial charge in [0.15, 0.2) is 0 Å². The highest BCUT2D eigenvalue weighted by Gasteiger charge is 2.47. The Bertz CT molecular complexity index is 946. The van der Waals surface area contributed by atoms with Crippen LogP contribution in [0.2, 0.25) is 0 Å². The summed E-state index contributed by atoms with van der Waals surface area (Å²) in [6.07, 6.45) is 2.70. The highest BCUT2D eigenvalue weighted by Crippen LogP contribution is 2.39. The molecule has 7 heteroatoms. The summed E-state index contributed by atoms with van der Waals surface area (Å²) in [7, 11) is -3.64. The molecule has 29 heavy (non-hydrogen) atoms. The van der Waals surface area contributed by atoms with E-state index in [1.165, 1.54) is 0 Å². The minimum absolute atomic E-state index is 0.133. The monoisotopic (exact) mass is 414 g/mol. The van der Waals surface area contributed by atoms with Crippen molar-refractivity contribution in [2.24, 2.45) is 0 Å². The normalized spacial score (nSPS) is 24.2. The highest BCUT2D eigenvalue weighted by atomic mass is 32.2. The number of anilines is 1. The molecule has 1 N–H and O–H groups in total. The van der Waals surface area contributed by atoms with Crippen LogP contribution in [0.3, 0.4) is 0 Å². The van der Waals surface area contributed by atoms with Gasteiger partial charge in [0.05, 0.1) is 6.42 Å². The Kier molecular flexibility index (Phi) is 5.61. The zero-order valence-corrected chi connectivity index (χ0v) is 17.3. The first kappa shape index (κ1) is 19.9. The summed E-state index contributed by atoms with van der Waals surface area (Å²) >= 11 is 0. The van der Waals surface area contributed by atoms with Gasteiger partial charge in [-0.3, -0.25) is 9.52 Å². The van der Waals surface area contributed by atoms with Crippen LogP contribution in [0.4, 0.5) is 5.69 Å². The first-order chi connectivity index (χ1) is 13.9. The quantitative estimate of drug-likeness (QED) is 0.735. The van der Waals surface area contributed by atoms with Gasteiger partial charge in [-0.25, -0.2) is 0 Å². The number of ether oxygens (including phenoxy) is 1. The number of hydrogen-bond acceptors (Lipinski definition) is 4. The van der Waals surface area contributed by atoms with Gasteiger partial charge in [-0.1, -0.05) is 48.0 Å². The van der Waals surface area contributed by atoms with Gasteiger partial charge in [0, 0.05) is 30.6 Å². The van der Waals surface area contributed by atoms with Gasteiger partial charge in [0.1, 0.15) is 6.10 Å². The minimum Gasteiger partial charge on any atom is -0.462 e. The van der Waals surface area contributed by atoms with Gasteiger partial charge < -0.3 is 4.74 Å². The average Bonchev–Trinajstić information content (AvgIpc) is 2.97. The minimum atomic E-state index is -3.64. The number of hydrogen-bond donors (Lipinski definition) is 1. The third-order valence-corrected chi connectivity index (χ3v) is 7.33. The van der Waals surface area contributed by atoms with E-state index in [2.05, 4.69) is 4.72 Å². The van der Waals surface area contributed by atoms with Crippen molar-refractivity contribution in [3.05, 3.63) is 65.7 Å². The second kappa shape index (κ2) is 8.16. The van der Waals surface area contributed by atoms with Crippen molar-refractivity contribution >= 4 is 21.9 Å². The zero-order valence-electron chi connectivity index (χ0n) is 16.5. The third-order valence-electron chi connectivity index (χ3n) is 5.69. The summed E-state index contributed by atoms with van der Waals surface area (Å²) < 4.78 is 35.9. The molecule has 2 aliphatic heterocycles. The number of carbonyl (C=O) groups excluding carboxylic acids is 1. The Labute approximate surface area is 172 Å². The fourth-order valence-electron chi connectivity index (χ4n) is 4.39. The maximum absolute atomic E-state index is 13.0. The fourth-order valence-corrected chi connectivity index (χ4v) is 6.09. The molecule has 2 aliphatic rings. The summed E-state index contributed by atoms with van der Waals surface area (Å²) in [5.41, 5.74) is 2.56. The van der Waals surface area contributed by atoms with Gasteiger partial charge in [0.2, 0.25) is 0 Å². The average molecular weight is 415 g/mol. The molecule has 0 radical (unpaired) electrons. The molecule has 0 aliphatic carbocycles. The number of carbonyl (C=O) groups is 1. The molecule has 2 fully saturated rings. The molecule has 0 amide bonds. The van der Waals surface area contributed by atoms with Crippen molar-refractivity contribution in [1.29, 1.82) is 0 Å². The van der Waals surface area contributed by atoms with Crippen molar-refractivity contribution in [1.82, 2.24) is 4.31 Å². The molecule has 4 rings (SSSR count). The number of fused-ring (bicyclic) bond motifs is 2. The molecular weight excluding hydrogens is 388 g/mol. The molecular formula is C22H26N2O4S. The van der Waals surface area contributed by atoms with E-state index in [1.807, 2.05) is 49.4 Å². The van der Waals surface area contributed by atoms with Crippen LogP contribution in [0.1, 0.15) is 36.8 Å². The van der Waals surface area contributed by atoms with E-state index >= 15 is 0 Å². The summed E-state index contributed by atoms with van der Waals surface area (Å²) in [6.45, 7) is 1.96. The van der Waals surface area contributed by atoms with E-state index in [9.17, 15) is 13.2 Å². The van der Waals surface area contributed by atoms with Gasteiger partial charge in [0.25, 0.3) is 0 Å². The Morgan fingerprint density at radius 2 is 1.66 bits per heavy atom. The standard InChI is InChI=1S/C22H26N2O4S/c1-16-7-9-18(10-8-16)23-29(26,27)24-19-11-12-20(24)15-21(14-19)28-22(25)13-17-5-3-2-4-6-17/h2-10,19-21,23H,11-15H2,1H3/t19-,20+,21?. The van der Waals surface area contributed by atoms with Crippen molar-refractivity contribution in [3.63, 3.8) is 0 Å². The van der Waals surface area contributed by atoms with Gasteiger partial charge in [-0.15, -0.1) is 0 Å². The Hall–Kier alpha value is -2.38. The molecule has 2 heterocycles. The van der Waals surface area contributed by atoms with Crippen LogP contribution in [0.5, 0.6) is 0 Å². The van der Waals surface area contributed by atoms with Crippen molar-refractivity contribution < 1.29 is 17.9 Å². The van der Waals surface area contributed by atoms with Gasteiger partial charge in [-0.2, -0.15) is 12.7 Å². The van der Waals surface area contributed by atoms with Crippen LogP contribution < -0.4 is 4.72 Å². The number of nitrogens with zero attached hydrogens (tertiary/aromatic N) is 1. The molecule has 0 spiro atoms. The maximum atomic E-state index is 13.0. The van der Waals surface area contributed by atoms with E-state index in [-0.39, 0.29) is 30.6 Å². The summed E-state index contributed by atoms with van der Waals surface area (Å²) in [4.78, 5) is 12.3. The fraction of sp³-hybridized carbons (Fsp3) is 0.409. The summed E-state index contributed by atoms with van der Waals surface area (Å²) in [6, 6.07) is 16.5. The lowest BCUT2D eigenvalue weighted by Crippen LogP contribution is -2.50. The lowest BCUT2D eigenvalue weighted by atomic mass is 10.0. The van der Waals surface area contributed by atoms with Crippen molar-refractivity contribution in [3.8, 4) is 0 Å². The second-order valence-electron chi connectivity index (χ2n) is 7.93. The molecule has 2 bridgehead atoms. The number of esters is 1. The largest absolute Gasteiger partial charge is 0.462 e. The van der Waals surface area contributed by atoms with E-state index in [0.29, 0.717) is 18.5 Å². The van der Waals surface area contributed by atoms with Crippen LogP contribution in [0, 0.1) is 6.92 Å².